The van der Waals surface area contributed by atoms with Gasteiger partial charge in [0.05, 0.1) is 16.7 Å². The smallest absolute Gasteiger partial charge is 0.0541 e. The van der Waals surface area contributed by atoms with Crippen LogP contribution in [0.3, 0.4) is 0 Å². The highest BCUT2D eigenvalue weighted by atomic mass is 15.1. The summed E-state index contributed by atoms with van der Waals surface area (Å²) in [5.74, 6) is 0. The van der Waals surface area contributed by atoms with E-state index in [4.69, 9.17) is 0 Å². The molecule has 0 aliphatic carbocycles. The fourth-order valence-electron chi connectivity index (χ4n) is 9.84. The summed E-state index contributed by atoms with van der Waals surface area (Å²) in [6.45, 7) is 0. The largest absolute Gasteiger partial charge is 0.310 e. The van der Waals surface area contributed by atoms with Crippen molar-refractivity contribution in [2.45, 2.75) is 0 Å². The lowest BCUT2D eigenvalue weighted by Gasteiger charge is -2.27. The molecule has 64 heavy (non-hydrogen) atoms. The molecule has 12 aromatic rings. The molecule has 300 valence electrons. The Morgan fingerprint density at radius 1 is 0.266 bits per heavy atom. The van der Waals surface area contributed by atoms with Crippen LogP contribution in [0.4, 0.5) is 17.1 Å². The monoisotopic (exact) mass is 814 g/mol. The van der Waals surface area contributed by atoms with E-state index in [1.54, 1.807) is 0 Å². The zero-order valence-corrected chi connectivity index (χ0v) is 35.1. The zero-order valence-electron chi connectivity index (χ0n) is 35.1. The standard InChI is InChI=1S/C62H42N2/c1-2-16-44(17-3-1)56-41-36-45-19-5-7-25-55(45)62(56)48-21-14-22-51(42-48)63(49-37-32-46(33-38-49)53-28-15-20-43-18-4-6-23-52(43)53)50-39-34-47(35-40-50)54-24-8-11-29-59(54)64-60-30-12-9-26-57(60)58-27-10-13-31-61(58)64/h1-42H. The van der Waals surface area contributed by atoms with Gasteiger partial charge in [-0.25, -0.2) is 0 Å². The van der Waals surface area contributed by atoms with Gasteiger partial charge in [-0.2, -0.15) is 0 Å². The third-order valence-electron chi connectivity index (χ3n) is 12.8. The quantitative estimate of drug-likeness (QED) is 0.148. The van der Waals surface area contributed by atoms with E-state index in [0.29, 0.717) is 0 Å². The van der Waals surface area contributed by atoms with Crippen LogP contribution < -0.4 is 4.90 Å². The van der Waals surface area contributed by atoms with E-state index in [9.17, 15) is 0 Å². The van der Waals surface area contributed by atoms with Crippen LogP contribution in [0.2, 0.25) is 0 Å². The van der Waals surface area contributed by atoms with E-state index in [1.807, 2.05) is 0 Å². The lowest BCUT2D eigenvalue weighted by atomic mass is 9.89. The zero-order chi connectivity index (χ0) is 42.4. The second kappa shape index (κ2) is 15.8. The van der Waals surface area contributed by atoms with Crippen molar-refractivity contribution in [1.29, 1.82) is 0 Å². The Morgan fingerprint density at radius 2 is 0.750 bits per heavy atom. The van der Waals surface area contributed by atoms with Gasteiger partial charge in [0, 0.05) is 33.4 Å². The van der Waals surface area contributed by atoms with Crippen molar-refractivity contribution in [3.05, 3.63) is 255 Å². The van der Waals surface area contributed by atoms with Gasteiger partial charge in [-0.3, -0.25) is 0 Å². The van der Waals surface area contributed by atoms with Crippen LogP contribution >= 0.6 is 0 Å². The number of fused-ring (bicyclic) bond motifs is 5. The van der Waals surface area contributed by atoms with Gasteiger partial charge >= 0.3 is 0 Å². The van der Waals surface area contributed by atoms with Gasteiger partial charge < -0.3 is 9.47 Å². The maximum atomic E-state index is 2.42. The van der Waals surface area contributed by atoms with Gasteiger partial charge in [0.2, 0.25) is 0 Å². The molecule has 11 aromatic carbocycles. The highest BCUT2D eigenvalue weighted by molar-refractivity contribution is 6.10. The Kier molecular flexibility index (Phi) is 9.20. The van der Waals surface area contributed by atoms with Crippen molar-refractivity contribution in [2.75, 3.05) is 4.90 Å². The summed E-state index contributed by atoms with van der Waals surface area (Å²) >= 11 is 0. The van der Waals surface area contributed by atoms with Crippen LogP contribution in [-0.4, -0.2) is 4.57 Å². The molecule has 0 N–H and O–H groups in total. The van der Waals surface area contributed by atoms with E-state index < -0.39 is 0 Å². The number of hydrogen-bond acceptors (Lipinski definition) is 1. The molecule has 0 bridgehead atoms. The molecule has 1 aromatic heterocycles. The molecule has 0 unspecified atom stereocenters. The number of para-hydroxylation sites is 3. The Labute approximate surface area is 373 Å². The summed E-state index contributed by atoms with van der Waals surface area (Å²) in [5, 5.41) is 7.46. The Bertz CT molecular complexity index is 3600. The Balaban J connectivity index is 1.01. The molecule has 0 atom stereocenters. The second-order valence-electron chi connectivity index (χ2n) is 16.5. The molecular weight excluding hydrogens is 773 g/mol. The van der Waals surface area contributed by atoms with Crippen molar-refractivity contribution in [3.8, 4) is 50.2 Å². The molecule has 0 radical (unpaired) electrons. The van der Waals surface area contributed by atoms with Crippen LogP contribution in [0.1, 0.15) is 0 Å². The van der Waals surface area contributed by atoms with Crippen molar-refractivity contribution >= 4 is 60.4 Å². The van der Waals surface area contributed by atoms with Crippen LogP contribution in [0.25, 0.3) is 93.5 Å². The molecule has 1 heterocycles. The molecule has 0 fully saturated rings. The number of aromatic nitrogens is 1. The average Bonchev–Trinajstić information content (AvgIpc) is 3.71. The van der Waals surface area contributed by atoms with Crippen LogP contribution in [-0.2, 0) is 0 Å². The minimum atomic E-state index is 1.08. The molecule has 0 aliphatic heterocycles. The fourth-order valence-corrected chi connectivity index (χ4v) is 9.84. The van der Waals surface area contributed by atoms with Crippen molar-refractivity contribution in [2.24, 2.45) is 0 Å². The molecule has 0 saturated heterocycles. The number of anilines is 3. The second-order valence-corrected chi connectivity index (χ2v) is 16.5. The van der Waals surface area contributed by atoms with Gasteiger partial charge in [0.15, 0.2) is 0 Å². The maximum Gasteiger partial charge on any atom is 0.0541 e. The minimum absolute atomic E-state index is 1.08. The molecule has 0 saturated carbocycles. The van der Waals surface area contributed by atoms with E-state index in [2.05, 4.69) is 264 Å². The lowest BCUT2D eigenvalue weighted by Crippen LogP contribution is -2.10. The van der Waals surface area contributed by atoms with Gasteiger partial charge in [0.25, 0.3) is 0 Å². The average molecular weight is 815 g/mol. The van der Waals surface area contributed by atoms with Gasteiger partial charge in [-0.05, 0) is 115 Å². The number of nitrogens with zero attached hydrogens (tertiary/aromatic N) is 2. The van der Waals surface area contributed by atoms with Gasteiger partial charge in [-0.1, -0.05) is 200 Å². The summed E-state index contributed by atoms with van der Waals surface area (Å²) < 4.78 is 2.42. The van der Waals surface area contributed by atoms with Crippen molar-refractivity contribution in [1.82, 2.24) is 4.57 Å². The predicted molar refractivity (Wildman–Crippen MR) is 272 cm³/mol. The maximum absolute atomic E-state index is 2.42. The summed E-state index contributed by atoms with van der Waals surface area (Å²) in [7, 11) is 0. The molecule has 12 rings (SSSR count). The van der Waals surface area contributed by atoms with Gasteiger partial charge in [0.1, 0.15) is 0 Å². The van der Waals surface area contributed by atoms with E-state index in [-0.39, 0.29) is 0 Å². The highest BCUT2D eigenvalue weighted by Crippen LogP contribution is 2.44. The summed E-state index contributed by atoms with van der Waals surface area (Å²) in [6.07, 6.45) is 0. The summed E-state index contributed by atoms with van der Waals surface area (Å²) in [5.41, 5.74) is 16.4. The lowest BCUT2D eigenvalue weighted by molar-refractivity contribution is 1.18. The molecule has 0 amide bonds. The van der Waals surface area contributed by atoms with E-state index >= 15 is 0 Å². The molecule has 2 heteroatoms. The first-order valence-electron chi connectivity index (χ1n) is 22.0. The Hall–Kier alpha value is -8.46. The third-order valence-corrected chi connectivity index (χ3v) is 12.8. The first kappa shape index (κ1) is 37.3. The first-order chi connectivity index (χ1) is 31.8. The van der Waals surface area contributed by atoms with Gasteiger partial charge in [-0.15, -0.1) is 0 Å². The van der Waals surface area contributed by atoms with Crippen LogP contribution in [0, 0.1) is 0 Å². The van der Waals surface area contributed by atoms with E-state index in [0.717, 1.165) is 28.3 Å². The fraction of sp³-hybridized carbons (Fsp3) is 0. The molecule has 0 aliphatic rings. The van der Waals surface area contributed by atoms with E-state index in [1.165, 1.54) is 82.3 Å². The predicted octanol–water partition coefficient (Wildman–Crippen LogP) is 17.2. The van der Waals surface area contributed by atoms with Crippen molar-refractivity contribution in [3.63, 3.8) is 0 Å². The number of rotatable bonds is 8. The van der Waals surface area contributed by atoms with Crippen LogP contribution in [0.15, 0.2) is 255 Å². The molecular formula is C62H42N2. The topological polar surface area (TPSA) is 8.17 Å². The molecule has 2 nitrogen and oxygen atoms in total. The number of benzene rings is 11. The first-order valence-corrected chi connectivity index (χ1v) is 22.0. The minimum Gasteiger partial charge on any atom is -0.310 e. The highest BCUT2D eigenvalue weighted by Gasteiger charge is 2.19. The van der Waals surface area contributed by atoms with Crippen molar-refractivity contribution < 1.29 is 0 Å². The Morgan fingerprint density at radius 3 is 1.45 bits per heavy atom. The SMILES string of the molecule is c1ccc(-c2ccc3ccccc3c2-c2cccc(N(c3ccc(-c4ccccc4-n4c5ccccc5c5ccccc54)cc3)c3ccc(-c4cccc5ccccc45)cc3)c2)cc1. The van der Waals surface area contributed by atoms with Crippen LogP contribution in [0.5, 0.6) is 0 Å². The summed E-state index contributed by atoms with van der Waals surface area (Å²) in [6, 6.07) is 92.7. The number of hydrogen-bond donors (Lipinski definition) is 0. The third kappa shape index (κ3) is 6.44. The molecule has 0 spiro atoms. The normalized spacial score (nSPS) is 11.4. The summed E-state index contributed by atoms with van der Waals surface area (Å²) in [4.78, 5) is 2.40.